The first-order valence-electron chi connectivity index (χ1n) is 7.05. The van der Waals surface area contributed by atoms with E-state index in [2.05, 4.69) is 10.1 Å². The Kier molecular flexibility index (Phi) is 3.81. The maximum Gasteiger partial charge on any atom is 0.379 e. The Labute approximate surface area is 131 Å². The summed E-state index contributed by atoms with van der Waals surface area (Å²) >= 11 is 0. The van der Waals surface area contributed by atoms with Gasteiger partial charge in [-0.25, -0.2) is 23.6 Å². The highest BCUT2D eigenvalue weighted by atomic mass is 19.1. The summed E-state index contributed by atoms with van der Waals surface area (Å²) in [5.41, 5.74) is 0.560. The second-order valence-electron chi connectivity index (χ2n) is 5.25. The van der Waals surface area contributed by atoms with Crippen molar-refractivity contribution in [2.75, 3.05) is 0 Å². The van der Waals surface area contributed by atoms with Crippen LogP contribution in [0.4, 0.5) is 4.39 Å². The van der Waals surface area contributed by atoms with Crippen LogP contribution in [0, 0.1) is 12.7 Å². The van der Waals surface area contributed by atoms with Crippen LogP contribution >= 0.6 is 0 Å². The van der Waals surface area contributed by atoms with Gasteiger partial charge in [0.25, 0.3) is 5.82 Å². The molecule has 0 unspecified atom stereocenters. The van der Waals surface area contributed by atoms with Gasteiger partial charge in [-0.15, -0.1) is 5.10 Å². The number of ether oxygens (including phenoxy) is 2. The van der Waals surface area contributed by atoms with Crippen molar-refractivity contribution in [1.29, 1.82) is 0 Å². The molecule has 0 N–H and O–H groups in total. The number of benzene rings is 1. The monoisotopic (exact) mass is 319 g/mol. The number of nitrogens with zero attached hydrogens (tertiary/aromatic N) is 3. The van der Waals surface area contributed by atoms with E-state index >= 15 is 0 Å². The highest BCUT2D eigenvalue weighted by Gasteiger charge is 2.36. The second-order valence-corrected chi connectivity index (χ2v) is 5.25. The SMILES string of the molecule is Cc1nc(C(=O)O[C@H]2C[C@@H](C)OC2=O)nn1-c1ccc(F)cc1. The lowest BCUT2D eigenvalue weighted by molar-refractivity contribution is -0.147. The van der Waals surface area contributed by atoms with E-state index in [-0.39, 0.29) is 17.7 Å². The Bertz CT molecular complexity index is 757. The molecule has 3 rings (SSSR count). The summed E-state index contributed by atoms with van der Waals surface area (Å²) in [6.45, 7) is 3.37. The first-order valence-corrected chi connectivity index (χ1v) is 7.05. The van der Waals surface area contributed by atoms with Crippen LogP contribution in [0.5, 0.6) is 0 Å². The van der Waals surface area contributed by atoms with E-state index in [4.69, 9.17) is 9.47 Å². The van der Waals surface area contributed by atoms with Crippen molar-refractivity contribution < 1.29 is 23.5 Å². The van der Waals surface area contributed by atoms with E-state index in [1.807, 2.05) is 0 Å². The van der Waals surface area contributed by atoms with Gasteiger partial charge in [0.15, 0.2) is 0 Å². The number of rotatable bonds is 3. The van der Waals surface area contributed by atoms with Crippen LogP contribution in [0.1, 0.15) is 29.8 Å². The number of aryl methyl sites for hydroxylation is 1. The zero-order valence-corrected chi connectivity index (χ0v) is 12.5. The van der Waals surface area contributed by atoms with Crippen molar-refractivity contribution in [1.82, 2.24) is 14.8 Å². The fraction of sp³-hybridized carbons (Fsp3) is 0.333. The third-order valence-electron chi connectivity index (χ3n) is 3.40. The van der Waals surface area contributed by atoms with Gasteiger partial charge in [0.1, 0.15) is 17.7 Å². The van der Waals surface area contributed by atoms with E-state index in [1.165, 1.54) is 28.9 Å². The maximum atomic E-state index is 13.0. The lowest BCUT2D eigenvalue weighted by Crippen LogP contribution is -2.23. The molecule has 1 aliphatic rings. The summed E-state index contributed by atoms with van der Waals surface area (Å²) in [7, 11) is 0. The Morgan fingerprint density at radius 3 is 2.70 bits per heavy atom. The van der Waals surface area contributed by atoms with Gasteiger partial charge in [-0.1, -0.05) is 0 Å². The molecule has 0 spiro atoms. The minimum absolute atomic E-state index is 0.167. The molecule has 7 nitrogen and oxygen atoms in total. The number of carbonyl (C=O) groups is 2. The summed E-state index contributed by atoms with van der Waals surface area (Å²) in [5.74, 6) is -1.48. The van der Waals surface area contributed by atoms with E-state index in [9.17, 15) is 14.0 Å². The van der Waals surface area contributed by atoms with E-state index < -0.39 is 18.0 Å². The summed E-state index contributed by atoms with van der Waals surface area (Å²) < 4.78 is 24.4. The molecule has 0 aliphatic carbocycles. The highest BCUT2D eigenvalue weighted by molar-refractivity contribution is 5.88. The van der Waals surface area contributed by atoms with Gasteiger partial charge < -0.3 is 9.47 Å². The molecule has 8 heteroatoms. The van der Waals surface area contributed by atoms with Crippen LogP contribution in [-0.4, -0.2) is 38.9 Å². The van der Waals surface area contributed by atoms with Gasteiger partial charge in [0.05, 0.1) is 5.69 Å². The molecular formula is C15H14FN3O4. The third-order valence-corrected chi connectivity index (χ3v) is 3.40. The summed E-state index contributed by atoms with van der Waals surface area (Å²) in [6.07, 6.45) is -0.912. The number of esters is 2. The van der Waals surface area contributed by atoms with Gasteiger partial charge >= 0.3 is 11.9 Å². The predicted octanol–water partition coefficient (Wildman–Crippen LogP) is 1.58. The van der Waals surface area contributed by atoms with Crippen LogP contribution in [0.3, 0.4) is 0 Å². The zero-order chi connectivity index (χ0) is 16.6. The number of carbonyl (C=O) groups excluding carboxylic acids is 2. The molecule has 1 saturated heterocycles. The lowest BCUT2D eigenvalue weighted by atomic mass is 10.2. The molecule has 2 atom stereocenters. The van der Waals surface area contributed by atoms with Gasteiger partial charge in [0.2, 0.25) is 6.10 Å². The standard InChI is InChI=1S/C15H14FN3O4/c1-8-7-12(14(20)22-8)23-15(21)13-17-9(2)19(18-13)11-5-3-10(16)4-6-11/h3-6,8,12H,7H2,1-2H3/t8-,12+/m1/s1. The van der Waals surface area contributed by atoms with Gasteiger partial charge in [-0.3, -0.25) is 0 Å². The number of hydrogen-bond acceptors (Lipinski definition) is 6. The molecule has 1 fully saturated rings. The fourth-order valence-corrected chi connectivity index (χ4v) is 2.30. The van der Waals surface area contributed by atoms with Crippen LogP contribution in [0.2, 0.25) is 0 Å². The predicted molar refractivity (Wildman–Crippen MR) is 75.4 cm³/mol. The summed E-state index contributed by atoms with van der Waals surface area (Å²) in [4.78, 5) is 27.6. The number of aromatic nitrogens is 3. The van der Waals surface area contributed by atoms with Crippen molar-refractivity contribution in [2.24, 2.45) is 0 Å². The largest absolute Gasteiger partial charge is 0.460 e. The molecule has 1 aliphatic heterocycles. The topological polar surface area (TPSA) is 83.3 Å². The van der Waals surface area contributed by atoms with Crippen molar-refractivity contribution in [3.63, 3.8) is 0 Å². The van der Waals surface area contributed by atoms with Crippen molar-refractivity contribution in [3.05, 3.63) is 41.7 Å². The average molecular weight is 319 g/mol. The normalized spacial score (nSPS) is 20.4. The summed E-state index contributed by atoms with van der Waals surface area (Å²) in [6, 6.07) is 5.60. The maximum absolute atomic E-state index is 13.0. The van der Waals surface area contributed by atoms with Gasteiger partial charge in [-0.2, -0.15) is 0 Å². The van der Waals surface area contributed by atoms with Gasteiger partial charge in [0, 0.05) is 6.42 Å². The average Bonchev–Trinajstić information content (AvgIpc) is 3.03. The molecule has 23 heavy (non-hydrogen) atoms. The zero-order valence-electron chi connectivity index (χ0n) is 12.5. The lowest BCUT2D eigenvalue weighted by Gasteiger charge is -2.05. The molecule has 2 heterocycles. The quantitative estimate of drug-likeness (QED) is 0.799. The molecule has 0 bridgehead atoms. The molecular weight excluding hydrogens is 305 g/mol. The molecule has 1 aromatic heterocycles. The smallest absolute Gasteiger partial charge is 0.379 e. The second kappa shape index (κ2) is 5.79. The molecule has 0 radical (unpaired) electrons. The Balaban J connectivity index is 1.79. The van der Waals surface area contributed by atoms with Crippen LogP contribution in [-0.2, 0) is 14.3 Å². The number of cyclic esters (lactones) is 1. The fourth-order valence-electron chi connectivity index (χ4n) is 2.30. The highest BCUT2D eigenvalue weighted by Crippen LogP contribution is 2.18. The van der Waals surface area contributed by atoms with E-state index in [0.717, 1.165) is 0 Å². The Morgan fingerprint density at radius 2 is 2.09 bits per heavy atom. The van der Waals surface area contributed by atoms with Crippen LogP contribution in [0.25, 0.3) is 5.69 Å². The van der Waals surface area contributed by atoms with Crippen molar-refractivity contribution in [2.45, 2.75) is 32.5 Å². The molecule has 120 valence electrons. The minimum atomic E-state index is -0.935. The number of halogens is 1. The molecule has 0 saturated carbocycles. The molecule has 2 aromatic rings. The third kappa shape index (κ3) is 3.05. The van der Waals surface area contributed by atoms with Crippen molar-refractivity contribution >= 4 is 11.9 Å². The van der Waals surface area contributed by atoms with Crippen molar-refractivity contribution in [3.8, 4) is 5.69 Å². The Hall–Kier alpha value is -2.77. The van der Waals surface area contributed by atoms with Crippen LogP contribution < -0.4 is 0 Å². The first kappa shape index (κ1) is 15.1. The molecule has 1 aromatic carbocycles. The van der Waals surface area contributed by atoms with Gasteiger partial charge in [-0.05, 0) is 38.1 Å². The van der Waals surface area contributed by atoms with E-state index in [0.29, 0.717) is 17.9 Å². The Morgan fingerprint density at radius 1 is 1.39 bits per heavy atom. The van der Waals surface area contributed by atoms with E-state index in [1.54, 1.807) is 13.8 Å². The summed E-state index contributed by atoms with van der Waals surface area (Å²) in [5, 5.41) is 4.05. The first-order chi connectivity index (χ1) is 10.9. The number of hydrogen-bond donors (Lipinski definition) is 0. The minimum Gasteiger partial charge on any atom is -0.460 e. The molecule has 0 amide bonds. The van der Waals surface area contributed by atoms with Crippen LogP contribution in [0.15, 0.2) is 24.3 Å².